The monoisotopic (exact) mass is 335 g/mol. The maximum absolute atomic E-state index is 13.5. The number of hydrogen-bond acceptors (Lipinski definition) is 4. The van der Waals surface area contributed by atoms with Crippen molar-refractivity contribution in [2.75, 3.05) is 5.32 Å². The predicted octanol–water partition coefficient (Wildman–Crippen LogP) is 3.05. The van der Waals surface area contributed by atoms with Crippen molar-refractivity contribution in [1.82, 2.24) is 14.8 Å². The second-order valence-corrected chi connectivity index (χ2v) is 5.54. The summed E-state index contributed by atoms with van der Waals surface area (Å²) in [6, 6.07) is 10.8. The molecule has 0 spiro atoms. The first-order valence-electron chi connectivity index (χ1n) is 7.45. The molecule has 1 amide bonds. The molecule has 0 aliphatic carbocycles. The Morgan fingerprint density at radius 1 is 1.32 bits per heavy atom. The van der Waals surface area contributed by atoms with E-state index in [0.717, 1.165) is 23.3 Å². The first kappa shape index (κ1) is 16.3. The van der Waals surface area contributed by atoms with E-state index in [1.165, 1.54) is 6.07 Å². The number of hydrogen-bond donors (Lipinski definition) is 1. The number of nitrogens with one attached hydrogen (secondary N) is 1. The summed E-state index contributed by atoms with van der Waals surface area (Å²) in [4.78, 5) is 12.4. The van der Waals surface area contributed by atoms with Crippen LogP contribution in [0.3, 0.4) is 0 Å². The van der Waals surface area contributed by atoms with Crippen LogP contribution in [-0.2, 0) is 7.05 Å². The average Bonchev–Trinajstić information content (AvgIpc) is 3.02. The number of aromatic nitrogens is 3. The minimum Gasteiger partial charge on any atom is -0.322 e. The first-order chi connectivity index (χ1) is 12.0. The number of nitrogens with zero attached hydrogens (tertiary/aromatic N) is 4. The van der Waals surface area contributed by atoms with Gasteiger partial charge in [0, 0.05) is 23.9 Å². The fourth-order valence-electron chi connectivity index (χ4n) is 2.52. The number of carbonyl (C=O) groups is 1. The molecule has 0 saturated heterocycles. The van der Waals surface area contributed by atoms with E-state index in [4.69, 9.17) is 5.26 Å². The summed E-state index contributed by atoms with van der Waals surface area (Å²) in [6.45, 7) is 1.85. The zero-order valence-corrected chi connectivity index (χ0v) is 13.6. The summed E-state index contributed by atoms with van der Waals surface area (Å²) in [5, 5.41) is 19.6. The van der Waals surface area contributed by atoms with E-state index in [9.17, 15) is 9.18 Å². The van der Waals surface area contributed by atoms with E-state index in [2.05, 4.69) is 15.5 Å². The maximum atomic E-state index is 13.5. The van der Waals surface area contributed by atoms with Crippen LogP contribution in [0.1, 0.15) is 21.5 Å². The minimum absolute atomic E-state index is 0.0833. The number of aryl methyl sites for hydroxylation is 1. The van der Waals surface area contributed by atoms with Crippen molar-refractivity contribution in [3.05, 3.63) is 65.2 Å². The SMILES string of the molecule is Cc1c(NC(=O)c2cc(F)cc(C#N)c2)cccc1-c1nncn1C. The van der Waals surface area contributed by atoms with Crippen LogP contribution >= 0.6 is 0 Å². The molecular formula is C18H14FN5O. The number of nitriles is 1. The summed E-state index contributed by atoms with van der Waals surface area (Å²) < 4.78 is 15.3. The van der Waals surface area contributed by atoms with Gasteiger partial charge < -0.3 is 9.88 Å². The molecule has 0 bridgehead atoms. The smallest absolute Gasteiger partial charge is 0.255 e. The first-order valence-corrected chi connectivity index (χ1v) is 7.45. The number of carbonyl (C=O) groups excluding carboxylic acids is 1. The van der Waals surface area contributed by atoms with Gasteiger partial charge >= 0.3 is 0 Å². The Balaban J connectivity index is 1.94. The number of anilines is 1. The highest BCUT2D eigenvalue weighted by atomic mass is 19.1. The van der Waals surface area contributed by atoms with Crippen LogP contribution in [0.5, 0.6) is 0 Å². The number of benzene rings is 2. The Hall–Kier alpha value is -3.53. The summed E-state index contributed by atoms with van der Waals surface area (Å²) in [6.07, 6.45) is 1.59. The van der Waals surface area contributed by atoms with Gasteiger partial charge in [-0.2, -0.15) is 5.26 Å². The van der Waals surface area contributed by atoms with Gasteiger partial charge in [0.1, 0.15) is 12.1 Å². The Labute approximate surface area is 143 Å². The molecule has 1 heterocycles. The third kappa shape index (κ3) is 3.23. The Morgan fingerprint density at radius 3 is 2.80 bits per heavy atom. The van der Waals surface area contributed by atoms with Gasteiger partial charge in [0.2, 0.25) is 0 Å². The molecule has 0 unspecified atom stereocenters. The molecule has 124 valence electrons. The second kappa shape index (κ2) is 6.53. The van der Waals surface area contributed by atoms with Gasteiger partial charge in [-0.1, -0.05) is 12.1 Å². The highest BCUT2D eigenvalue weighted by Gasteiger charge is 2.14. The molecule has 7 heteroatoms. The fraction of sp³-hybridized carbons (Fsp3) is 0.111. The van der Waals surface area contributed by atoms with Crippen molar-refractivity contribution in [3.8, 4) is 17.5 Å². The van der Waals surface area contributed by atoms with E-state index >= 15 is 0 Å². The molecule has 1 aromatic heterocycles. The molecule has 0 atom stereocenters. The highest BCUT2D eigenvalue weighted by molar-refractivity contribution is 6.05. The van der Waals surface area contributed by atoms with E-state index in [-0.39, 0.29) is 11.1 Å². The minimum atomic E-state index is -0.631. The zero-order valence-electron chi connectivity index (χ0n) is 13.6. The molecular weight excluding hydrogens is 321 g/mol. The summed E-state index contributed by atoms with van der Waals surface area (Å²) >= 11 is 0. The Morgan fingerprint density at radius 2 is 2.12 bits per heavy atom. The van der Waals surface area contributed by atoms with Gasteiger partial charge in [-0.25, -0.2) is 4.39 Å². The topological polar surface area (TPSA) is 83.6 Å². The molecule has 3 rings (SSSR count). The summed E-state index contributed by atoms with van der Waals surface area (Å²) in [5.41, 5.74) is 2.39. The van der Waals surface area contributed by atoms with Crippen molar-refractivity contribution < 1.29 is 9.18 Å². The molecule has 0 fully saturated rings. The highest BCUT2D eigenvalue weighted by Crippen LogP contribution is 2.27. The lowest BCUT2D eigenvalue weighted by Gasteiger charge is -2.12. The summed E-state index contributed by atoms with van der Waals surface area (Å²) in [7, 11) is 1.83. The van der Waals surface area contributed by atoms with Gasteiger partial charge in [-0.05, 0) is 36.8 Å². The Bertz CT molecular complexity index is 1000. The van der Waals surface area contributed by atoms with Crippen LogP contribution in [-0.4, -0.2) is 20.7 Å². The van der Waals surface area contributed by atoms with Gasteiger partial charge in [0.05, 0.1) is 11.6 Å². The van der Waals surface area contributed by atoms with E-state index < -0.39 is 11.7 Å². The molecule has 25 heavy (non-hydrogen) atoms. The van der Waals surface area contributed by atoms with Crippen LogP contribution in [0.15, 0.2) is 42.7 Å². The standard InChI is InChI=1S/C18H14FN5O/c1-11-15(17-23-21-10-24(17)2)4-3-5-16(11)22-18(25)13-6-12(9-20)7-14(19)8-13/h3-8,10H,1-2H3,(H,22,25). The number of rotatable bonds is 3. The lowest BCUT2D eigenvalue weighted by molar-refractivity contribution is 0.102. The van der Waals surface area contributed by atoms with Gasteiger partial charge in [0.25, 0.3) is 5.91 Å². The van der Waals surface area contributed by atoms with Crippen LogP contribution < -0.4 is 5.32 Å². The molecule has 0 saturated carbocycles. The van der Waals surface area contributed by atoms with Gasteiger partial charge in [-0.15, -0.1) is 10.2 Å². The number of amides is 1. The van der Waals surface area contributed by atoms with Gasteiger partial charge in [0.15, 0.2) is 5.82 Å². The normalized spacial score (nSPS) is 10.3. The second-order valence-electron chi connectivity index (χ2n) is 5.54. The van der Waals surface area contributed by atoms with E-state index in [1.54, 1.807) is 23.0 Å². The molecule has 0 aliphatic rings. The van der Waals surface area contributed by atoms with Crippen LogP contribution in [0.25, 0.3) is 11.4 Å². The molecule has 2 aromatic carbocycles. The largest absolute Gasteiger partial charge is 0.322 e. The third-order valence-corrected chi connectivity index (χ3v) is 3.82. The van der Waals surface area contributed by atoms with Crippen LogP contribution in [0.2, 0.25) is 0 Å². The quantitative estimate of drug-likeness (QED) is 0.797. The molecule has 0 aliphatic heterocycles. The van der Waals surface area contributed by atoms with E-state index in [0.29, 0.717) is 11.5 Å². The van der Waals surface area contributed by atoms with Crippen molar-refractivity contribution >= 4 is 11.6 Å². The Kier molecular flexibility index (Phi) is 4.27. The lowest BCUT2D eigenvalue weighted by Crippen LogP contribution is -2.13. The molecule has 3 aromatic rings. The average molecular weight is 335 g/mol. The van der Waals surface area contributed by atoms with Crippen molar-refractivity contribution in [3.63, 3.8) is 0 Å². The number of halogens is 1. The fourth-order valence-corrected chi connectivity index (χ4v) is 2.52. The summed E-state index contributed by atoms with van der Waals surface area (Å²) in [5.74, 6) is -0.450. The molecule has 0 radical (unpaired) electrons. The lowest BCUT2D eigenvalue weighted by atomic mass is 10.1. The van der Waals surface area contributed by atoms with Crippen molar-refractivity contribution in [2.24, 2.45) is 7.05 Å². The van der Waals surface area contributed by atoms with Crippen molar-refractivity contribution in [2.45, 2.75) is 6.92 Å². The van der Waals surface area contributed by atoms with Crippen LogP contribution in [0, 0.1) is 24.1 Å². The third-order valence-electron chi connectivity index (χ3n) is 3.82. The molecule has 1 N–H and O–H groups in total. The predicted molar refractivity (Wildman–Crippen MR) is 90.2 cm³/mol. The molecule has 6 nitrogen and oxygen atoms in total. The van der Waals surface area contributed by atoms with Crippen molar-refractivity contribution in [1.29, 1.82) is 5.26 Å². The zero-order chi connectivity index (χ0) is 18.0. The maximum Gasteiger partial charge on any atom is 0.255 e. The van der Waals surface area contributed by atoms with Crippen LogP contribution in [0.4, 0.5) is 10.1 Å². The van der Waals surface area contributed by atoms with Gasteiger partial charge in [-0.3, -0.25) is 4.79 Å². The van der Waals surface area contributed by atoms with E-state index in [1.807, 2.05) is 26.1 Å².